The molecule has 0 radical (unpaired) electrons. The van der Waals surface area contributed by atoms with Gasteiger partial charge in [-0.05, 0) is 39.3 Å². The lowest BCUT2D eigenvalue weighted by molar-refractivity contribution is -0.120. The molecule has 0 bridgehead atoms. The number of rotatable bonds is 6. The monoisotopic (exact) mass is 155 g/mol. The molecule has 2 nitrogen and oxygen atoms in total. The lowest BCUT2D eigenvalue weighted by Gasteiger charge is -1.98. The molecular formula is C9H17NO. The van der Waals surface area contributed by atoms with E-state index in [9.17, 15) is 4.79 Å². The number of hydrogen-bond acceptors (Lipinski definition) is 2. The number of carbonyl (C=O) groups excluding carboxylic acids is 1. The molecule has 11 heavy (non-hydrogen) atoms. The van der Waals surface area contributed by atoms with E-state index in [1.165, 1.54) is 0 Å². The molecule has 0 spiro atoms. The second-order valence-electron chi connectivity index (χ2n) is 3.30. The van der Waals surface area contributed by atoms with Crippen LogP contribution in [0.25, 0.3) is 0 Å². The van der Waals surface area contributed by atoms with E-state index in [4.69, 9.17) is 0 Å². The van der Waals surface area contributed by atoms with Crippen molar-refractivity contribution in [2.45, 2.75) is 32.1 Å². The first-order valence-electron chi connectivity index (χ1n) is 4.52. The maximum absolute atomic E-state index is 11.1. The minimum atomic E-state index is 0.463. The van der Waals surface area contributed by atoms with Gasteiger partial charge in [0.1, 0.15) is 5.78 Å². The second-order valence-corrected chi connectivity index (χ2v) is 3.30. The van der Waals surface area contributed by atoms with Gasteiger partial charge in [0.15, 0.2) is 0 Å². The summed E-state index contributed by atoms with van der Waals surface area (Å²) in [6.07, 6.45) is 5.33. The molecule has 0 aromatic carbocycles. The van der Waals surface area contributed by atoms with Crippen LogP contribution in [0.2, 0.25) is 0 Å². The maximum atomic E-state index is 11.1. The minimum Gasteiger partial charge on any atom is -0.320 e. The molecule has 1 fully saturated rings. The SMILES string of the molecule is CNCCCCC(=O)C1CC1. The van der Waals surface area contributed by atoms with Crippen LogP contribution in [0.4, 0.5) is 0 Å². The summed E-state index contributed by atoms with van der Waals surface area (Å²) in [7, 11) is 1.95. The van der Waals surface area contributed by atoms with E-state index in [2.05, 4.69) is 5.32 Å². The number of ketones is 1. The van der Waals surface area contributed by atoms with Crippen molar-refractivity contribution in [3.05, 3.63) is 0 Å². The quantitative estimate of drug-likeness (QED) is 0.587. The van der Waals surface area contributed by atoms with Crippen LogP contribution in [0, 0.1) is 5.92 Å². The topological polar surface area (TPSA) is 29.1 Å². The fourth-order valence-corrected chi connectivity index (χ4v) is 1.21. The van der Waals surface area contributed by atoms with Crippen LogP contribution < -0.4 is 5.32 Å². The largest absolute Gasteiger partial charge is 0.320 e. The summed E-state index contributed by atoms with van der Waals surface area (Å²) in [6.45, 7) is 1.04. The van der Waals surface area contributed by atoms with Crippen molar-refractivity contribution < 1.29 is 4.79 Å². The van der Waals surface area contributed by atoms with Crippen LogP contribution in [0.15, 0.2) is 0 Å². The second kappa shape index (κ2) is 4.50. The Balaban J connectivity index is 1.89. The Morgan fingerprint density at radius 1 is 1.45 bits per heavy atom. The van der Waals surface area contributed by atoms with Gasteiger partial charge in [0.05, 0.1) is 0 Å². The third kappa shape index (κ3) is 3.51. The number of carbonyl (C=O) groups is 1. The van der Waals surface area contributed by atoms with E-state index in [-0.39, 0.29) is 0 Å². The molecule has 0 aromatic rings. The lowest BCUT2D eigenvalue weighted by atomic mass is 10.1. The Bertz CT molecular complexity index is 130. The van der Waals surface area contributed by atoms with Crippen LogP contribution in [0.3, 0.4) is 0 Å². The molecule has 0 atom stereocenters. The maximum Gasteiger partial charge on any atom is 0.135 e. The minimum absolute atomic E-state index is 0.463. The highest BCUT2D eigenvalue weighted by atomic mass is 16.1. The molecule has 1 saturated carbocycles. The van der Waals surface area contributed by atoms with Crippen molar-refractivity contribution in [3.8, 4) is 0 Å². The highest BCUT2D eigenvalue weighted by molar-refractivity contribution is 5.82. The molecule has 1 rings (SSSR count). The standard InChI is InChI=1S/C9H17NO/c1-10-7-3-2-4-9(11)8-5-6-8/h8,10H,2-7H2,1H3. The zero-order chi connectivity index (χ0) is 8.10. The van der Waals surface area contributed by atoms with Crippen LogP contribution in [0.1, 0.15) is 32.1 Å². The zero-order valence-corrected chi connectivity index (χ0v) is 7.23. The fraction of sp³-hybridized carbons (Fsp3) is 0.889. The normalized spacial score (nSPS) is 16.8. The first-order chi connectivity index (χ1) is 5.34. The van der Waals surface area contributed by atoms with Gasteiger partial charge >= 0.3 is 0 Å². The van der Waals surface area contributed by atoms with Gasteiger partial charge in [0, 0.05) is 12.3 Å². The van der Waals surface area contributed by atoms with Crippen molar-refractivity contribution in [1.29, 1.82) is 0 Å². The molecule has 1 N–H and O–H groups in total. The summed E-state index contributed by atoms with van der Waals surface area (Å²) < 4.78 is 0. The zero-order valence-electron chi connectivity index (χ0n) is 7.23. The first kappa shape index (κ1) is 8.72. The van der Waals surface area contributed by atoms with Crippen molar-refractivity contribution in [2.24, 2.45) is 5.92 Å². The van der Waals surface area contributed by atoms with Crippen molar-refractivity contribution in [3.63, 3.8) is 0 Å². The third-order valence-corrected chi connectivity index (χ3v) is 2.13. The van der Waals surface area contributed by atoms with Crippen molar-refractivity contribution >= 4 is 5.78 Å². The van der Waals surface area contributed by atoms with Gasteiger partial charge in [-0.25, -0.2) is 0 Å². The molecule has 0 amide bonds. The van der Waals surface area contributed by atoms with Crippen LogP contribution in [0.5, 0.6) is 0 Å². The average molecular weight is 155 g/mol. The molecule has 1 aliphatic carbocycles. The molecule has 0 aromatic heterocycles. The van der Waals surface area contributed by atoms with Gasteiger partial charge in [-0.3, -0.25) is 4.79 Å². The Morgan fingerprint density at radius 3 is 2.73 bits per heavy atom. The van der Waals surface area contributed by atoms with Crippen LogP contribution >= 0.6 is 0 Å². The van der Waals surface area contributed by atoms with E-state index < -0.39 is 0 Å². The summed E-state index contributed by atoms with van der Waals surface area (Å²) >= 11 is 0. The van der Waals surface area contributed by atoms with Crippen LogP contribution in [-0.2, 0) is 4.79 Å². The smallest absolute Gasteiger partial charge is 0.135 e. The van der Waals surface area contributed by atoms with Crippen molar-refractivity contribution in [1.82, 2.24) is 5.32 Å². The molecule has 1 aliphatic rings. The Labute approximate surface area is 68.4 Å². The highest BCUT2D eigenvalue weighted by Gasteiger charge is 2.28. The molecule has 0 saturated heterocycles. The van der Waals surface area contributed by atoms with Gasteiger partial charge in [-0.15, -0.1) is 0 Å². The molecule has 0 heterocycles. The summed E-state index contributed by atoms with van der Waals surface area (Å²) in [5.41, 5.74) is 0. The van der Waals surface area contributed by atoms with E-state index in [0.29, 0.717) is 11.7 Å². The molecule has 2 heteroatoms. The predicted octanol–water partition coefficient (Wildman–Crippen LogP) is 1.36. The number of hydrogen-bond donors (Lipinski definition) is 1. The predicted molar refractivity (Wildman–Crippen MR) is 45.5 cm³/mol. The van der Waals surface area contributed by atoms with E-state index in [1.54, 1.807) is 0 Å². The van der Waals surface area contributed by atoms with Crippen molar-refractivity contribution in [2.75, 3.05) is 13.6 Å². The van der Waals surface area contributed by atoms with Gasteiger partial charge in [-0.1, -0.05) is 0 Å². The summed E-state index contributed by atoms with van der Waals surface area (Å²) in [5, 5.41) is 3.07. The lowest BCUT2D eigenvalue weighted by Crippen LogP contribution is -2.08. The molecule has 0 unspecified atom stereocenters. The van der Waals surface area contributed by atoms with E-state index >= 15 is 0 Å². The van der Waals surface area contributed by atoms with Gasteiger partial charge in [-0.2, -0.15) is 0 Å². The average Bonchev–Trinajstić information content (AvgIpc) is 2.79. The molecule has 0 aliphatic heterocycles. The summed E-state index contributed by atoms with van der Waals surface area (Å²) in [6, 6.07) is 0. The number of unbranched alkanes of at least 4 members (excludes halogenated alkanes) is 1. The summed E-state index contributed by atoms with van der Waals surface area (Å²) in [5.74, 6) is 0.964. The van der Waals surface area contributed by atoms with E-state index in [0.717, 1.165) is 38.6 Å². The van der Waals surface area contributed by atoms with E-state index in [1.807, 2.05) is 7.05 Å². The Hall–Kier alpha value is -0.370. The first-order valence-corrected chi connectivity index (χ1v) is 4.52. The summed E-state index contributed by atoms with van der Waals surface area (Å²) in [4.78, 5) is 11.1. The highest BCUT2D eigenvalue weighted by Crippen LogP contribution is 2.31. The van der Waals surface area contributed by atoms with Crippen LogP contribution in [-0.4, -0.2) is 19.4 Å². The van der Waals surface area contributed by atoms with Gasteiger partial charge in [0.25, 0.3) is 0 Å². The molecular weight excluding hydrogens is 138 g/mol. The fourth-order valence-electron chi connectivity index (χ4n) is 1.21. The third-order valence-electron chi connectivity index (χ3n) is 2.13. The Morgan fingerprint density at radius 2 is 2.18 bits per heavy atom. The number of Topliss-reactive ketones (excluding diaryl/α,β-unsaturated/α-hetero) is 1. The number of nitrogens with one attached hydrogen (secondary N) is 1. The molecule has 64 valence electrons. The van der Waals surface area contributed by atoms with Gasteiger partial charge in [0.2, 0.25) is 0 Å². The van der Waals surface area contributed by atoms with Gasteiger partial charge < -0.3 is 5.32 Å². The Kier molecular flexibility index (Phi) is 3.57.